The molecular weight excluding hydrogens is 334 g/mol. The number of hydrogen-bond donors (Lipinski definition) is 3. The lowest BCUT2D eigenvalue weighted by Gasteiger charge is -2.32. The summed E-state index contributed by atoms with van der Waals surface area (Å²) >= 11 is 1.49. The monoisotopic (exact) mass is 359 g/mol. The third kappa shape index (κ3) is 5.56. The summed E-state index contributed by atoms with van der Waals surface area (Å²) in [6, 6.07) is 14.2. The van der Waals surface area contributed by atoms with Gasteiger partial charge in [-0.15, -0.1) is 11.3 Å². The molecule has 1 atom stereocenters. The van der Waals surface area contributed by atoms with Gasteiger partial charge in [0.05, 0.1) is 6.54 Å². The molecule has 5 nitrogen and oxygen atoms in total. The van der Waals surface area contributed by atoms with E-state index in [9.17, 15) is 9.90 Å². The molecule has 134 valence electrons. The molecule has 2 aromatic rings. The van der Waals surface area contributed by atoms with Crippen LogP contribution in [-0.2, 0) is 6.54 Å². The van der Waals surface area contributed by atoms with Crippen LogP contribution in [0.2, 0.25) is 0 Å². The lowest BCUT2D eigenvalue weighted by Crippen LogP contribution is -2.48. The van der Waals surface area contributed by atoms with Gasteiger partial charge in [-0.25, -0.2) is 4.79 Å². The summed E-state index contributed by atoms with van der Waals surface area (Å²) in [5.74, 6) is 0. The summed E-state index contributed by atoms with van der Waals surface area (Å²) in [4.78, 5) is 15.3. The van der Waals surface area contributed by atoms with Gasteiger partial charge in [-0.05, 0) is 29.9 Å². The van der Waals surface area contributed by atoms with Crippen LogP contribution < -0.4 is 10.6 Å². The molecule has 2 amide bonds. The average Bonchev–Trinajstić information content (AvgIpc) is 3.17. The van der Waals surface area contributed by atoms with Gasteiger partial charge in [0.1, 0.15) is 6.10 Å². The molecule has 1 aromatic carbocycles. The van der Waals surface area contributed by atoms with E-state index in [0.29, 0.717) is 0 Å². The number of nitrogens with zero attached hydrogens (tertiary/aromatic N) is 1. The van der Waals surface area contributed by atoms with Gasteiger partial charge < -0.3 is 15.7 Å². The largest absolute Gasteiger partial charge is 0.386 e. The first kappa shape index (κ1) is 17.9. The number of carbonyl (C=O) groups is 1. The van der Waals surface area contributed by atoms with Crippen LogP contribution in [0.25, 0.3) is 0 Å². The molecule has 0 radical (unpaired) electrons. The average molecular weight is 359 g/mol. The molecular formula is C19H25N3O2S. The third-order valence-electron chi connectivity index (χ3n) is 4.50. The molecule has 1 aliphatic heterocycles. The molecule has 6 heteroatoms. The minimum atomic E-state index is -0.640. The van der Waals surface area contributed by atoms with Crippen molar-refractivity contribution in [2.24, 2.45) is 0 Å². The normalized spacial score (nSPS) is 17.2. The first-order valence-corrected chi connectivity index (χ1v) is 9.61. The molecule has 2 heterocycles. The van der Waals surface area contributed by atoms with Crippen molar-refractivity contribution in [3.8, 4) is 0 Å². The van der Waals surface area contributed by atoms with Crippen LogP contribution in [0, 0.1) is 0 Å². The second-order valence-corrected chi connectivity index (χ2v) is 7.40. The minimum Gasteiger partial charge on any atom is -0.386 e. The zero-order valence-electron chi connectivity index (χ0n) is 14.2. The summed E-state index contributed by atoms with van der Waals surface area (Å²) in [7, 11) is 0. The van der Waals surface area contributed by atoms with Crippen LogP contribution in [0.5, 0.6) is 0 Å². The molecule has 0 spiro atoms. The Morgan fingerprint density at radius 2 is 1.96 bits per heavy atom. The van der Waals surface area contributed by atoms with Gasteiger partial charge >= 0.3 is 6.03 Å². The van der Waals surface area contributed by atoms with Crippen molar-refractivity contribution in [3.05, 3.63) is 58.3 Å². The number of aliphatic hydroxyl groups is 1. The molecule has 0 unspecified atom stereocenters. The van der Waals surface area contributed by atoms with Crippen molar-refractivity contribution in [2.45, 2.75) is 31.5 Å². The summed E-state index contributed by atoms with van der Waals surface area (Å²) < 4.78 is 0. The zero-order valence-corrected chi connectivity index (χ0v) is 15.0. The number of aliphatic hydroxyl groups excluding tert-OH is 1. The first-order chi connectivity index (χ1) is 12.2. The Morgan fingerprint density at radius 1 is 1.20 bits per heavy atom. The minimum absolute atomic E-state index is 0.197. The highest BCUT2D eigenvalue weighted by Gasteiger charge is 2.21. The number of thiophene rings is 1. The molecule has 1 aliphatic rings. The Morgan fingerprint density at radius 3 is 2.64 bits per heavy atom. The highest BCUT2D eigenvalue weighted by Crippen LogP contribution is 2.18. The lowest BCUT2D eigenvalue weighted by molar-refractivity contribution is 0.169. The molecule has 1 aromatic heterocycles. The topological polar surface area (TPSA) is 64.6 Å². The van der Waals surface area contributed by atoms with Crippen molar-refractivity contribution in [1.29, 1.82) is 0 Å². The van der Waals surface area contributed by atoms with E-state index in [2.05, 4.69) is 39.8 Å². The van der Waals surface area contributed by atoms with Gasteiger partial charge in [0, 0.05) is 30.6 Å². The maximum absolute atomic E-state index is 12.0. The number of nitrogens with one attached hydrogen (secondary N) is 2. The number of piperidine rings is 1. The zero-order chi connectivity index (χ0) is 17.5. The maximum Gasteiger partial charge on any atom is 0.315 e. The third-order valence-corrected chi connectivity index (χ3v) is 5.47. The van der Waals surface area contributed by atoms with Gasteiger partial charge in [-0.3, -0.25) is 4.90 Å². The van der Waals surface area contributed by atoms with Crippen LogP contribution >= 0.6 is 11.3 Å². The van der Waals surface area contributed by atoms with E-state index in [-0.39, 0.29) is 18.6 Å². The molecule has 0 saturated carbocycles. The fourth-order valence-corrected chi connectivity index (χ4v) is 3.80. The molecule has 1 fully saturated rings. The Labute approximate surface area is 152 Å². The molecule has 0 aliphatic carbocycles. The van der Waals surface area contributed by atoms with Crippen molar-refractivity contribution < 1.29 is 9.90 Å². The van der Waals surface area contributed by atoms with Crippen molar-refractivity contribution in [2.75, 3.05) is 19.6 Å². The van der Waals surface area contributed by atoms with E-state index in [1.807, 2.05) is 23.6 Å². The number of hydrogen-bond acceptors (Lipinski definition) is 4. The van der Waals surface area contributed by atoms with Crippen LogP contribution in [0.4, 0.5) is 4.79 Å². The first-order valence-electron chi connectivity index (χ1n) is 8.73. The van der Waals surface area contributed by atoms with Crippen LogP contribution in [-0.4, -0.2) is 41.7 Å². The van der Waals surface area contributed by atoms with E-state index < -0.39 is 6.10 Å². The summed E-state index contributed by atoms with van der Waals surface area (Å²) in [6.07, 6.45) is 1.26. The standard InChI is InChI=1S/C19H25N3O2S/c23-17(18-7-4-12-25-18)13-20-19(24)21-16-8-10-22(11-9-16)14-15-5-2-1-3-6-15/h1-7,12,16-17,23H,8-11,13-14H2,(H2,20,21,24)/t17-/m1/s1. The molecule has 0 bridgehead atoms. The predicted octanol–water partition coefficient (Wildman–Crippen LogP) is 2.75. The fraction of sp³-hybridized carbons (Fsp3) is 0.421. The molecule has 3 rings (SSSR count). The highest BCUT2D eigenvalue weighted by atomic mass is 32.1. The Kier molecular flexibility index (Phi) is 6.44. The highest BCUT2D eigenvalue weighted by molar-refractivity contribution is 7.10. The second-order valence-electron chi connectivity index (χ2n) is 6.42. The summed E-state index contributed by atoms with van der Waals surface area (Å²) in [5, 5.41) is 17.7. The molecule has 25 heavy (non-hydrogen) atoms. The summed E-state index contributed by atoms with van der Waals surface area (Å²) in [6.45, 7) is 3.17. The molecule has 1 saturated heterocycles. The number of amides is 2. The Hall–Kier alpha value is -1.89. The number of rotatable bonds is 6. The van der Waals surface area contributed by atoms with E-state index in [0.717, 1.165) is 37.4 Å². The second kappa shape index (κ2) is 8.99. The smallest absolute Gasteiger partial charge is 0.315 e. The molecule has 3 N–H and O–H groups in total. The van der Waals surface area contributed by atoms with Crippen molar-refractivity contribution >= 4 is 17.4 Å². The van der Waals surface area contributed by atoms with E-state index in [1.54, 1.807) is 0 Å². The van der Waals surface area contributed by atoms with E-state index in [4.69, 9.17) is 0 Å². The van der Waals surface area contributed by atoms with Gasteiger partial charge in [0.2, 0.25) is 0 Å². The Bertz CT molecular complexity index is 640. The number of urea groups is 1. The lowest BCUT2D eigenvalue weighted by atomic mass is 10.0. The van der Waals surface area contributed by atoms with Gasteiger partial charge in [-0.1, -0.05) is 36.4 Å². The number of benzene rings is 1. The van der Waals surface area contributed by atoms with Crippen LogP contribution in [0.15, 0.2) is 47.8 Å². The number of likely N-dealkylation sites (tertiary alicyclic amines) is 1. The Balaban J connectivity index is 1.35. The van der Waals surface area contributed by atoms with Gasteiger partial charge in [0.25, 0.3) is 0 Å². The number of carbonyl (C=O) groups excluding carboxylic acids is 1. The van der Waals surface area contributed by atoms with Crippen LogP contribution in [0.1, 0.15) is 29.4 Å². The quantitative estimate of drug-likeness (QED) is 0.743. The van der Waals surface area contributed by atoms with E-state index in [1.165, 1.54) is 16.9 Å². The van der Waals surface area contributed by atoms with Crippen LogP contribution in [0.3, 0.4) is 0 Å². The maximum atomic E-state index is 12.0. The fourth-order valence-electron chi connectivity index (χ4n) is 3.08. The van der Waals surface area contributed by atoms with Gasteiger partial charge in [-0.2, -0.15) is 0 Å². The van der Waals surface area contributed by atoms with E-state index >= 15 is 0 Å². The van der Waals surface area contributed by atoms with Crippen molar-refractivity contribution in [3.63, 3.8) is 0 Å². The summed E-state index contributed by atoms with van der Waals surface area (Å²) in [5.41, 5.74) is 1.33. The van der Waals surface area contributed by atoms with Gasteiger partial charge in [0.15, 0.2) is 0 Å². The van der Waals surface area contributed by atoms with Crippen molar-refractivity contribution in [1.82, 2.24) is 15.5 Å². The SMILES string of the molecule is O=C(NC[C@@H](O)c1cccs1)NC1CCN(Cc2ccccc2)CC1. The predicted molar refractivity (Wildman–Crippen MR) is 101 cm³/mol.